The Balaban J connectivity index is 1.07. The van der Waals surface area contributed by atoms with E-state index < -0.39 is 236 Å². The predicted molar refractivity (Wildman–Crippen MR) is 304 cm³/mol. The zero-order valence-electron chi connectivity index (χ0n) is 52.9. The molecule has 0 spiro atoms. The second-order valence-electron chi connectivity index (χ2n) is 28.3. The van der Waals surface area contributed by atoms with Crippen LogP contribution in [0.4, 0.5) is 0 Å². The van der Waals surface area contributed by atoms with Gasteiger partial charge >= 0.3 is 23.9 Å². The highest BCUT2D eigenvalue weighted by Gasteiger charge is 2.75. The number of carbonyl (C=O) groups excluding carboxylic acids is 4. The molecule has 4 heterocycles. The van der Waals surface area contributed by atoms with Crippen molar-refractivity contribution in [3.63, 3.8) is 0 Å². The highest BCUT2D eigenvalue weighted by Crippen LogP contribution is 2.76. The van der Waals surface area contributed by atoms with Crippen LogP contribution in [0.3, 0.4) is 0 Å². The second kappa shape index (κ2) is 26.7. The molecule has 4 saturated carbocycles. The van der Waals surface area contributed by atoms with Crippen molar-refractivity contribution in [3.8, 4) is 0 Å². The summed E-state index contributed by atoms with van der Waals surface area (Å²) in [5.41, 5.74) is -4.75. The SMILES string of the molecule is C/C=C(/C)C(=O)OC1C(OC(C)=O)C2(CO)C(OC(C)=O)CC3(C)C(=CCC4C5(C)CCC(OC6OC(C(=O)O)C(O)C(OC7OCC(O)C(O)C7OC7OC(CO)C(O)C(O)C7O)C6OC6OC(CO)C(O)C(O)C6O)C(C)(C=O)C5CCC43C)C2CC1(C)C. The Morgan fingerprint density at radius 3 is 1.74 bits per heavy atom. The summed E-state index contributed by atoms with van der Waals surface area (Å²) in [4.78, 5) is 67.8. The molecule has 0 amide bonds. The number of aliphatic hydroxyl groups excluding tert-OH is 12. The van der Waals surface area contributed by atoms with Gasteiger partial charge in [-0.1, -0.05) is 59.3 Å². The van der Waals surface area contributed by atoms with Crippen LogP contribution in [-0.2, 0) is 76.1 Å². The Bertz CT molecular complexity index is 2720. The molecule has 5 aliphatic carbocycles. The normalized spacial score (nSPS) is 49.7. The number of hydrogen-bond acceptors (Lipinski definition) is 28. The number of aliphatic carboxylic acids is 1. The molecule has 0 aromatic carbocycles. The summed E-state index contributed by atoms with van der Waals surface area (Å²) in [5, 5.41) is 142. The summed E-state index contributed by atoms with van der Waals surface area (Å²) in [6, 6.07) is 0. The Hall–Kier alpha value is -3.77. The molecule has 91 heavy (non-hydrogen) atoms. The molecular weight excluding hydrogens is 1210 g/mol. The molecular formula is C62H94O29. The Labute approximate surface area is 526 Å². The van der Waals surface area contributed by atoms with Gasteiger partial charge in [0.2, 0.25) is 0 Å². The van der Waals surface area contributed by atoms with Gasteiger partial charge < -0.3 is 123 Å². The van der Waals surface area contributed by atoms with Gasteiger partial charge in [-0.3, -0.25) is 9.59 Å². The van der Waals surface area contributed by atoms with Crippen LogP contribution in [0.25, 0.3) is 0 Å². The summed E-state index contributed by atoms with van der Waals surface area (Å²) >= 11 is 0. The fraction of sp³-hybridized carbons (Fsp3) is 0.855. The van der Waals surface area contributed by atoms with Crippen LogP contribution in [0, 0.1) is 50.2 Å². The van der Waals surface area contributed by atoms with E-state index in [0.717, 1.165) is 11.9 Å². The molecule has 0 aromatic heterocycles. The van der Waals surface area contributed by atoms with E-state index in [9.17, 15) is 90.4 Å². The first-order valence-corrected chi connectivity index (χ1v) is 31.3. The molecule has 4 saturated heterocycles. The van der Waals surface area contributed by atoms with Crippen LogP contribution >= 0.6 is 0 Å². The van der Waals surface area contributed by atoms with E-state index >= 15 is 0 Å². The lowest BCUT2D eigenvalue weighted by Gasteiger charge is -2.72. The zero-order valence-corrected chi connectivity index (χ0v) is 52.9. The fourth-order valence-corrected chi connectivity index (χ4v) is 17.6. The maximum absolute atomic E-state index is 14.3. The predicted octanol–water partition coefficient (Wildman–Crippen LogP) is -2.08. The molecule has 29 nitrogen and oxygen atoms in total. The first-order chi connectivity index (χ1) is 42.6. The highest BCUT2D eigenvalue weighted by molar-refractivity contribution is 5.87. The number of aliphatic hydroxyl groups is 12. The van der Waals surface area contributed by atoms with Crippen molar-refractivity contribution < 1.29 is 142 Å². The summed E-state index contributed by atoms with van der Waals surface area (Å²) in [7, 11) is 0. The van der Waals surface area contributed by atoms with Gasteiger partial charge in [0.25, 0.3) is 0 Å². The lowest BCUT2D eigenvalue weighted by molar-refractivity contribution is -0.400. The molecule has 13 N–H and O–H groups in total. The van der Waals surface area contributed by atoms with Crippen molar-refractivity contribution in [2.45, 2.75) is 255 Å². The highest BCUT2D eigenvalue weighted by atomic mass is 16.8. The van der Waals surface area contributed by atoms with E-state index in [1.807, 2.05) is 13.8 Å². The zero-order chi connectivity index (χ0) is 67.2. The number of carbonyl (C=O) groups is 5. The molecule has 29 heteroatoms. The topological polar surface area (TPSA) is 450 Å². The number of rotatable bonds is 17. The minimum absolute atomic E-state index is 0.0722. The quantitative estimate of drug-likeness (QED) is 0.0186. The summed E-state index contributed by atoms with van der Waals surface area (Å²) in [6.45, 7) is 14.6. The van der Waals surface area contributed by atoms with E-state index in [4.69, 9.17) is 52.1 Å². The minimum Gasteiger partial charge on any atom is -0.479 e. The summed E-state index contributed by atoms with van der Waals surface area (Å²) in [6.07, 6.45) is -35.7. The number of carboxylic acid groups (broad SMARTS) is 1. The molecule has 9 rings (SSSR count). The summed E-state index contributed by atoms with van der Waals surface area (Å²) in [5.74, 6) is -5.11. The second-order valence-corrected chi connectivity index (χ2v) is 28.3. The average molecular weight is 1300 g/mol. The molecule has 9 aliphatic rings. The van der Waals surface area contributed by atoms with Crippen molar-refractivity contribution in [3.05, 3.63) is 23.3 Å². The van der Waals surface area contributed by atoms with E-state index in [1.54, 1.807) is 26.8 Å². The number of aldehydes is 1. The third-order valence-electron chi connectivity index (χ3n) is 22.9. The van der Waals surface area contributed by atoms with Gasteiger partial charge in [-0.15, -0.1) is 0 Å². The Kier molecular flexibility index (Phi) is 21.0. The molecule has 0 aromatic rings. The van der Waals surface area contributed by atoms with E-state index in [0.29, 0.717) is 37.7 Å². The smallest absolute Gasteiger partial charge is 0.335 e. The Morgan fingerprint density at radius 2 is 1.20 bits per heavy atom. The average Bonchev–Trinajstić information content (AvgIpc) is 0.669. The standard InChI is InChI=1S/C62H94O29/c1-11-25(2)52(80)91-49-50(83-27(4)68)62(24-66)29(18-57(49,5)6)28-12-13-34-58(7)16-15-35(59(8,23-65)33(58)14-17-60(34,9)61(28,10)19-36(62)82-26(3)67)86-56-48(90-54-43(76)41(74)39(72)32(21-64)85-54)45(44(77)46(88-56)51(78)79)87-55-47(37(70)30(69)22-81-55)89-53-42(75)40(73)38(71)31(20-63)84-53/h11-12,23,29-50,53-56,63-64,66,69-77H,13-22,24H2,1-10H3,(H,78,79)/b25-11-. The fourth-order valence-electron chi connectivity index (χ4n) is 17.6. The molecule has 0 radical (unpaired) electrons. The monoisotopic (exact) mass is 1300 g/mol. The number of ether oxygens (including phenoxy) is 11. The molecule has 31 unspecified atom stereocenters. The number of allylic oxidation sites excluding steroid dienone is 3. The third kappa shape index (κ3) is 12.1. The van der Waals surface area contributed by atoms with Gasteiger partial charge in [-0.05, 0) is 92.8 Å². The Morgan fingerprint density at radius 1 is 0.615 bits per heavy atom. The third-order valence-corrected chi connectivity index (χ3v) is 22.9. The maximum Gasteiger partial charge on any atom is 0.335 e. The lowest BCUT2D eigenvalue weighted by atomic mass is 9.33. The van der Waals surface area contributed by atoms with Crippen molar-refractivity contribution >= 4 is 30.2 Å². The van der Waals surface area contributed by atoms with E-state index in [2.05, 4.69) is 26.8 Å². The number of fused-ring (bicyclic) bond motifs is 7. The maximum atomic E-state index is 14.3. The molecule has 31 atom stereocenters. The number of esters is 3. The first-order valence-electron chi connectivity index (χ1n) is 31.3. The number of hydrogen-bond donors (Lipinski definition) is 13. The minimum atomic E-state index is -2.33. The van der Waals surface area contributed by atoms with Crippen LogP contribution in [0.1, 0.15) is 114 Å². The van der Waals surface area contributed by atoms with Crippen LogP contribution in [0.15, 0.2) is 23.3 Å². The number of carboxylic acids is 1. The molecule has 8 fully saturated rings. The van der Waals surface area contributed by atoms with Crippen molar-refractivity contribution in [1.29, 1.82) is 0 Å². The van der Waals surface area contributed by atoms with Crippen molar-refractivity contribution in [1.82, 2.24) is 0 Å². The molecule has 4 aliphatic heterocycles. The van der Waals surface area contributed by atoms with Crippen LogP contribution in [0.5, 0.6) is 0 Å². The van der Waals surface area contributed by atoms with Gasteiger partial charge in [-0.2, -0.15) is 0 Å². The first kappa shape index (κ1) is 71.5. The van der Waals surface area contributed by atoms with Gasteiger partial charge in [0.05, 0.1) is 43.4 Å². The van der Waals surface area contributed by atoms with Crippen LogP contribution in [-0.4, -0.2) is 264 Å². The van der Waals surface area contributed by atoms with Gasteiger partial charge in [0.15, 0.2) is 37.4 Å². The molecule has 0 bridgehead atoms. The van der Waals surface area contributed by atoms with Gasteiger partial charge in [0, 0.05) is 24.8 Å². The van der Waals surface area contributed by atoms with Crippen molar-refractivity contribution in [2.75, 3.05) is 26.4 Å². The van der Waals surface area contributed by atoms with Gasteiger partial charge in [-0.25, -0.2) is 9.59 Å². The van der Waals surface area contributed by atoms with Crippen LogP contribution < -0.4 is 0 Å². The largest absolute Gasteiger partial charge is 0.479 e. The van der Waals surface area contributed by atoms with Crippen molar-refractivity contribution in [2.24, 2.45) is 50.2 Å². The lowest BCUT2D eigenvalue weighted by Crippen LogP contribution is -2.73. The summed E-state index contributed by atoms with van der Waals surface area (Å²) < 4.78 is 67.2. The molecule has 516 valence electrons. The van der Waals surface area contributed by atoms with Crippen LogP contribution in [0.2, 0.25) is 0 Å². The van der Waals surface area contributed by atoms with E-state index in [1.165, 1.54) is 13.8 Å². The van der Waals surface area contributed by atoms with Gasteiger partial charge in [0.1, 0.15) is 104 Å². The van der Waals surface area contributed by atoms with E-state index in [-0.39, 0.29) is 18.8 Å².